The van der Waals surface area contributed by atoms with Crippen LogP contribution in [0.1, 0.15) is 17.9 Å². The maximum Gasteiger partial charge on any atom is 0.311 e. The predicted octanol–water partition coefficient (Wildman–Crippen LogP) is 3.47. The van der Waals surface area contributed by atoms with Crippen LogP contribution < -0.4 is 9.47 Å². The highest BCUT2D eigenvalue weighted by Gasteiger charge is 2.20. The third-order valence-corrected chi connectivity index (χ3v) is 3.27. The Hall–Kier alpha value is -2.56. The summed E-state index contributed by atoms with van der Waals surface area (Å²) in [7, 11) is 1.53. The molecule has 2 rings (SSSR count). The smallest absolute Gasteiger partial charge is 0.311 e. The number of rotatable bonds is 7. The Morgan fingerprint density at radius 1 is 1.18 bits per heavy atom. The van der Waals surface area contributed by atoms with E-state index in [9.17, 15) is 14.3 Å². The van der Waals surface area contributed by atoms with E-state index in [1.54, 1.807) is 36.4 Å². The average molecular weight is 304 g/mol. The van der Waals surface area contributed by atoms with Gasteiger partial charge in [0, 0.05) is 6.07 Å². The van der Waals surface area contributed by atoms with Crippen LogP contribution in [0.2, 0.25) is 0 Å². The maximum absolute atomic E-state index is 13.0. The van der Waals surface area contributed by atoms with Gasteiger partial charge in [0.25, 0.3) is 0 Å². The predicted molar refractivity (Wildman–Crippen MR) is 79.9 cm³/mol. The Bertz CT molecular complexity index is 642. The van der Waals surface area contributed by atoms with Crippen molar-refractivity contribution >= 4 is 5.97 Å². The van der Waals surface area contributed by atoms with E-state index in [0.29, 0.717) is 17.1 Å². The van der Waals surface area contributed by atoms with Crippen LogP contribution in [0, 0.1) is 5.82 Å². The zero-order valence-corrected chi connectivity index (χ0v) is 12.2. The fourth-order valence-corrected chi connectivity index (χ4v) is 2.14. The van der Waals surface area contributed by atoms with Crippen molar-refractivity contribution in [2.24, 2.45) is 0 Å². The van der Waals surface area contributed by atoms with Crippen molar-refractivity contribution in [1.82, 2.24) is 0 Å². The van der Waals surface area contributed by atoms with Crippen LogP contribution in [-0.2, 0) is 4.79 Å². The van der Waals surface area contributed by atoms with Crippen LogP contribution in [0.5, 0.6) is 11.5 Å². The van der Waals surface area contributed by atoms with Crippen molar-refractivity contribution in [1.29, 1.82) is 0 Å². The number of halogens is 1. The minimum absolute atomic E-state index is 0.178. The molecule has 4 nitrogen and oxygen atoms in total. The van der Waals surface area contributed by atoms with Gasteiger partial charge in [-0.15, -0.1) is 0 Å². The van der Waals surface area contributed by atoms with Gasteiger partial charge in [-0.3, -0.25) is 4.79 Å². The Balaban J connectivity index is 2.01. The van der Waals surface area contributed by atoms with Crippen molar-refractivity contribution in [2.45, 2.75) is 12.3 Å². The zero-order valence-electron chi connectivity index (χ0n) is 12.2. The number of carboxylic acids is 1. The maximum atomic E-state index is 13.0. The van der Waals surface area contributed by atoms with E-state index in [0.717, 1.165) is 0 Å². The Labute approximate surface area is 128 Å². The molecule has 1 atom stereocenters. The first-order valence-electron chi connectivity index (χ1n) is 6.85. The van der Waals surface area contributed by atoms with E-state index in [4.69, 9.17) is 9.47 Å². The molecule has 1 N–H and O–H groups in total. The van der Waals surface area contributed by atoms with Gasteiger partial charge in [-0.25, -0.2) is 4.39 Å². The van der Waals surface area contributed by atoms with Crippen molar-refractivity contribution in [3.8, 4) is 11.5 Å². The van der Waals surface area contributed by atoms with E-state index < -0.39 is 11.9 Å². The number of hydrogen-bond acceptors (Lipinski definition) is 3. The summed E-state index contributed by atoms with van der Waals surface area (Å²) in [6, 6.07) is 12.7. The molecule has 0 aliphatic carbocycles. The standard InChI is InChI=1S/C17H17FO4/c1-21-14-6-2-4-12(10-14)16(17(19)20)8-9-22-15-7-3-5-13(18)11-15/h2-7,10-11,16H,8-9H2,1H3,(H,19,20). The molecule has 0 fully saturated rings. The second-order valence-electron chi connectivity index (χ2n) is 4.76. The fraction of sp³-hybridized carbons (Fsp3) is 0.235. The quantitative estimate of drug-likeness (QED) is 0.851. The van der Waals surface area contributed by atoms with E-state index in [-0.39, 0.29) is 18.8 Å². The van der Waals surface area contributed by atoms with Gasteiger partial charge < -0.3 is 14.6 Å². The average Bonchev–Trinajstić information content (AvgIpc) is 2.51. The lowest BCUT2D eigenvalue weighted by Gasteiger charge is -2.14. The summed E-state index contributed by atoms with van der Waals surface area (Å²) in [5.74, 6) is -1.04. The summed E-state index contributed by atoms with van der Waals surface area (Å²) in [4.78, 5) is 11.4. The van der Waals surface area contributed by atoms with Crippen LogP contribution in [-0.4, -0.2) is 24.8 Å². The van der Waals surface area contributed by atoms with Crippen LogP contribution >= 0.6 is 0 Å². The molecule has 0 bridgehead atoms. The molecule has 116 valence electrons. The normalized spacial score (nSPS) is 11.7. The van der Waals surface area contributed by atoms with Crippen molar-refractivity contribution < 1.29 is 23.8 Å². The van der Waals surface area contributed by atoms with Gasteiger partial charge in [0.05, 0.1) is 19.6 Å². The summed E-state index contributed by atoms with van der Waals surface area (Å²) in [6.45, 7) is 0.178. The zero-order chi connectivity index (χ0) is 15.9. The lowest BCUT2D eigenvalue weighted by atomic mass is 9.96. The summed E-state index contributed by atoms with van der Waals surface area (Å²) in [6.07, 6.45) is 0.277. The molecule has 0 aliphatic heterocycles. The SMILES string of the molecule is COc1cccc(C(CCOc2cccc(F)c2)C(=O)O)c1. The van der Waals surface area contributed by atoms with Gasteiger partial charge in [0.15, 0.2) is 0 Å². The number of methoxy groups -OCH3 is 1. The summed E-state index contributed by atoms with van der Waals surface area (Å²) >= 11 is 0. The minimum Gasteiger partial charge on any atom is -0.497 e. The number of benzene rings is 2. The van der Waals surface area contributed by atoms with E-state index in [2.05, 4.69) is 0 Å². The first kappa shape index (κ1) is 15.8. The first-order chi connectivity index (χ1) is 10.6. The number of ether oxygens (including phenoxy) is 2. The molecule has 0 heterocycles. The van der Waals surface area contributed by atoms with Gasteiger partial charge in [-0.2, -0.15) is 0 Å². The lowest BCUT2D eigenvalue weighted by Crippen LogP contribution is -2.15. The van der Waals surface area contributed by atoms with Gasteiger partial charge in [-0.05, 0) is 36.2 Å². The molecule has 0 aromatic heterocycles. The Kier molecular flexibility index (Phi) is 5.36. The van der Waals surface area contributed by atoms with Crippen LogP contribution in [0.15, 0.2) is 48.5 Å². The van der Waals surface area contributed by atoms with Gasteiger partial charge in [0.2, 0.25) is 0 Å². The Morgan fingerprint density at radius 3 is 2.59 bits per heavy atom. The number of carboxylic acid groups (broad SMARTS) is 1. The summed E-state index contributed by atoms with van der Waals surface area (Å²) in [5, 5.41) is 9.38. The number of carbonyl (C=O) groups is 1. The van der Waals surface area contributed by atoms with Gasteiger partial charge in [0.1, 0.15) is 17.3 Å². The second kappa shape index (κ2) is 7.45. The third-order valence-electron chi connectivity index (χ3n) is 3.27. The highest BCUT2D eigenvalue weighted by Crippen LogP contribution is 2.24. The molecule has 0 aliphatic rings. The monoisotopic (exact) mass is 304 g/mol. The molecule has 0 saturated heterocycles. The number of hydrogen-bond donors (Lipinski definition) is 1. The van der Waals surface area contributed by atoms with Crippen LogP contribution in [0.4, 0.5) is 4.39 Å². The molecule has 5 heteroatoms. The highest BCUT2D eigenvalue weighted by molar-refractivity contribution is 5.76. The van der Waals surface area contributed by atoms with Crippen LogP contribution in [0.3, 0.4) is 0 Å². The van der Waals surface area contributed by atoms with Crippen LogP contribution in [0.25, 0.3) is 0 Å². The minimum atomic E-state index is -0.934. The van der Waals surface area contributed by atoms with Crippen molar-refractivity contribution in [3.63, 3.8) is 0 Å². The molecular formula is C17H17FO4. The molecule has 0 spiro atoms. The van der Waals surface area contributed by atoms with E-state index >= 15 is 0 Å². The molecule has 0 amide bonds. The first-order valence-corrected chi connectivity index (χ1v) is 6.85. The summed E-state index contributed by atoms with van der Waals surface area (Å²) < 4.78 is 23.6. The van der Waals surface area contributed by atoms with E-state index in [1.165, 1.54) is 19.2 Å². The molecule has 22 heavy (non-hydrogen) atoms. The Morgan fingerprint density at radius 2 is 1.91 bits per heavy atom. The van der Waals surface area contributed by atoms with Gasteiger partial charge in [-0.1, -0.05) is 18.2 Å². The largest absolute Gasteiger partial charge is 0.497 e. The third kappa shape index (κ3) is 4.22. The van der Waals surface area contributed by atoms with Crippen molar-refractivity contribution in [2.75, 3.05) is 13.7 Å². The van der Waals surface area contributed by atoms with E-state index in [1.807, 2.05) is 0 Å². The summed E-state index contributed by atoms with van der Waals surface area (Å²) in [5.41, 5.74) is 0.648. The molecular weight excluding hydrogens is 287 g/mol. The molecule has 1 unspecified atom stereocenters. The van der Waals surface area contributed by atoms with Crippen molar-refractivity contribution in [3.05, 3.63) is 59.9 Å². The highest BCUT2D eigenvalue weighted by atomic mass is 19.1. The number of aliphatic carboxylic acids is 1. The molecule has 2 aromatic rings. The topological polar surface area (TPSA) is 55.8 Å². The fourth-order valence-electron chi connectivity index (χ4n) is 2.14. The molecule has 2 aromatic carbocycles. The molecule has 0 radical (unpaired) electrons. The lowest BCUT2D eigenvalue weighted by molar-refractivity contribution is -0.139. The second-order valence-corrected chi connectivity index (χ2v) is 4.76. The molecule has 0 saturated carbocycles. The van der Waals surface area contributed by atoms with Gasteiger partial charge >= 0.3 is 5.97 Å².